The minimum atomic E-state index is -0.171. The second-order valence-electron chi connectivity index (χ2n) is 1.60. The fourth-order valence-corrected chi connectivity index (χ4v) is 1.35. The standard InChI is InChI=1S/C5H6NO2S/c1-2-6-4(7)3-9-5(6)8/h1-3H2. The summed E-state index contributed by atoms with van der Waals surface area (Å²) in [5.74, 6) is 0.161. The maximum Gasteiger partial charge on any atom is 0.288 e. The van der Waals surface area contributed by atoms with Crippen LogP contribution in [0.15, 0.2) is 0 Å². The number of hydrogen-bond acceptors (Lipinski definition) is 3. The zero-order valence-corrected chi connectivity index (χ0v) is 5.61. The van der Waals surface area contributed by atoms with Crippen molar-refractivity contribution in [2.45, 2.75) is 0 Å². The van der Waals surface area contributed by atoms with Crippen molar-refractivity contribution >= 4 is 22.9 Å². The molecule has 1 aliphatic rings. The molecule has 0 unspecified atom stereocenters. The van der Waals surface area contributed by atoms with E-state index in [1.807, 2.05) is 0 Å². The molecule has 49 valence electrons. The quantitative estimate of drug-likeness (QED) is 0.538. The highest BCUT2D eigenvalue weighted by molar-refractivity contribution is 8.14. The van der Waals surface area contributed by atoms with Crippen LogP contribution in [0.2, 0.25) is 0 Å². The maximum absolute atomic E-state index is 10.7. The lowest BCUT2D eigenvalue weighted by Crippen LogP contribution is -2.27. The summed E-state index contributed by atoms with van der Waals surface area (Å²) in [7, 11) is 0. The Morgan fingerprint density at radius 3 is 2.56 bits per heavy atom. The maximum atomic E-state index is 10.7. The number of carbonyl (C=O) groups excluding carboxylic acids is 2. The summed E-state index contributed by atoms with van der Waals surface area (Å²) < 4.78 is 0. The van der Waals surface area contributed by atoms with Gasteiger partial charge in [-0.25, -0.2) is 0 Å². The molecule has 9 heavy (non-hydrogen) atoms. The molecule has 0 saturated carbocycles. The Labute approximate surface area is 57.4 Å². The lowest BCUT2D eigenvalue weighted by Gasteiger charge is -2.06. The lowest BCUT2D eigenvalue weighted by atomic mass is 10.5. The summed E-state index contributed by atoms with van der Waals surface area (Å²) in [6.07, 6.45) is 0. The number of imide groups is 1. The van der Waals surface area contributed by atoms with Crippen LogP contribution in [0.4, 0.5) is 4.79 Å². The second-order valence-corrected chi connectivity index (χ2v) is 2.53. The number of nitrogens with zero attached hydrogens (tertiary/aromatic N) is 1. The molecule has 1 rings (SSSR count). The molecule has 0 bridgehead atoms. The molecule has 1 heterocycles. The zero-order chi connectivity index (χ0) is 6.85. The summed E-state index contributed by atoms with van der Waals surface area (Å²) in [4.78, 5) is 22.4. The summed E-state index contributed by atoms with van der Waals surface area (Å²) in [5, 5.41) is -0.171. The molecule has 0 spiro atoms. The molecule has 3 nitrogen and oxygen atoms in total. The molecule has 1 fully saturated rings. The Bertz CT molecular complexity index is 141. The van der Waals surface area contributed by atoms with Crippen molar-refractivity contribution in [2.24, 2.45) is 0 Å². The molecule has 0 N–H and O–H groups in total. The van der Waals surface area contributed by atoms with E-state index in [1.54, 1.807) is 0 Å². The van der Waals surface area contributed by atoms with Crippen LogP contribution in [-0.4, -0.2) is 28.3 Å². The Morgan fingerprint density at radius 1 is 1.67 bits per heavy atom. The van der Waals surface area contributed by atoms with Crippen LogP contribution < -0.4 is 0 Å². The Kier molecular flexibility index (Phi) is 1.75. The molecule has 0 aliphatic carbocycles. The van der Waals surface area contributed by atoms with Crippen LogP contribution in [0.25, 0.3) is 0 Å². The van der Waals surface area contributed by atoms with Crippen LogP contribution in [0.1, 0.15) is 0 Å². The zero-order valence-electron chi connectivity index (χ0n) is 4.79. The predicted molar refractivity (Wildman–Crippen MR) is 34.9 cm³/mol. The summed E-state index contributed by atoms with van der Waals surface area (Å²) in [6, 6.07) is 0. The summed E-state index contributed by atoms with van der Waals surface area (Å²) in [5.41, 5.74) is 0. The van der Waals surface area contributed by atoms with Gasteiger partial charge in [0.2, 0.25) is 5.91 Å². The van der Waals surface area contributed by atoms with Gasteiger partial charge in [-0.1, -0.05) is 11.8 Å². The number of hydrogen-bond donors (Lipinski definition) is 0. The van der Waals surface area contributed by atoms with Crippen molar-refractivity contribution in [1.82, 2.24) is 4.90 Å². The van der Waals surface area contributed by atoms with Gasteiger partial charge in [0, 0.05) is 6.54 Å². The largest absolute Gasteiger partial charge is 0.288 e. The molecular formula is C5H6NO2S. The van der Waals surface area contributed by atoms with Gasteiger partial charge in [0.25, 0.3) is 5.24 Å². The molecule has 1 saturated heterocycles. The summed E-state index contributed by atoms with van der Waals surface area (Å²) >= 11 is 1.04. The monoisotopic (exact) mass is 144 g/mol. The average molecular weight is 144 g/mol. The van der Waals surface area contributed by atoms with E-state index in [0.717, 1.165) is 16.7 Å². The van der Waals surface area contributed by atoms with Gasteiger partial charge in [0.15, 0.2) is 0 Å². The van der Waals surface area contributed by atoms with E-state index in [1.165, 1.54) is 0 Å². The molecule has 4 heteroatoms. The number of carbonyl (C=O) groups is 2. The highest BCUT2D eigenvalue weighted by atomic mass is 32.2. The van der Waals surface area contributed by atoms with E-state index in [9.17, 15) is 9.59 Å². The first-order valence-corrected chi connectivity index (χ1v) is 3.50. The van der Waals surface area contributed by atoms with Crippen LogP contribution in [-0.2, 0) is 4.79 Å². The number of thioether (sulfide) groups is 1. The van der Waals surface area contributed by atoms with E-state index in [-0.39, 0.29) is 23.4 Å². The molecule has 0 aromatic rings. The number of amides is 2. The molecule has 1 radical (unpaired) electrons. The third kappa shape index (κ3) is 1.08. The fraction of sp³-hybridized carbons (Fsp3) is 0.400. The van der Waals surface area contributed by atoms with Gasteiger partial charge in [-0.05, 0) is 6.92 Å². The van der Waals surface area contributed by atoms with Gasteiger partial charge >= 0.3 is 0 Å². The molecule has 0 aromatic heterocycles. The van der Waals surface area contributed by atoms with E-state index >= 15 is 0 Å². The highest BCUT2D eigenvalue weighted by Crippen LogP contribution is 2.17. The van der Waals surface area contributed by atoms with Crippen LogP contribution >= 0.6 is 11.8 Å². The first-order valence-electron chi connectivity index (χ1n) is 2.52. The molecular weight excluding hydrogens is 138 g/mol. The molecule has 0 atom stereocenters. The minimum Gasteiger partial charge on any atom is -0.273 e. The normalized spacial score (nSPS) is 19.4. The predicted octanol–water partition coefficient (Wildman–Crippen LogP) is 0.516. The van der Waals surface area contributed by atoms with Gasteiger partial charge < -0.3 is 0 Å². The highest BCUT2D eigenvalue weighted by Gasteiger charge is 2.27. The van der Waals surface area contributed by atoms with Gasteiger partial charge in [0.05, 0.1) is 5.75 Å². The first-order chi connectivity index (χ1) is 4.25. The van der Waals surface area contributed by atoms with E-state index in [4.69, 9.17) is 0 Å². The van der Waals surface area contributed by atoms with Crippen LogP contribution in [0, 0.1) is 6.92 Å². The third-order valence-corrected chi connectivity index (χ3v) is 1.92. The minimum absolute atomic E-state index is 0.125. The van der Waals surface area contributed by atoms with Crippen molar-refractivity contribution in [3.63, 3.8) is 0 Å². The third-order valence-electron chi connectivity index (χ3n) is 1.06. The Balaban J connectivity index is 2.66. The first kappa shape index (κ1) is 6.61. The fourth-order valence-electron chi connectivity index (χ4n) is 0.597. The van der Waals surface area contributed by atoms with Crippen molar-refractivity contribution < 1.29 is 9.59 Å². The second kappa shape index (κ2) is 2.39. The van der Waals surface area contributed by atoms with Gasteiger partial charge in [0.1, 0.15) is 0 Å². The van der Waals surface area contributed by atoms with Gasteiger partial charge in [-0.15, -0.1) is 0 Å². The topological polar surface area (TPSA) is 37.4 Å². The lowest BCUT2D eigenvalue weighted by molar-refractivity contribution is -0.124. The van der Waals surface area contributed by atoms with Crippen molar-refractivity contribution in [1.29, 1.82) is 0 Å². The van der Waals surface area contributed by atoms with E-state index < -0.39 is 0 Å². The van der Waals surface area contributed by atoms with E-state index in [2.05, 4.69) is 6.92 Å². The van der Waals surface area contributed by atoms with Crippen LogP contribution in [0.5, 0.6) is 0 Å². The SMILES string of the molecule is [CH2]CN1C(=O)CSC1=O. The van der Waals surface area contributed by atoms with Gasteiger partial charge in [-0.2, -0.15) is 0 Å². The van der Waals surface area contributed by atoms with Crippen molar-refractivity contribution in [2.75, 3.05) is 12.3 Å². The van der Waals surface area contributed by atoms with Crippen molar-refractivity contribution in [3.8, 4) is 0 Å². The molecule has 2 amide bonds. The molecule has 1 aliphatic heterocycles. The molecule has 0 aromatic carbocycles. The van der Waals surface area contributed by atoms with E-state index in [0.29, 0.717) is 0 Å². The van der Waals surface area contributed by atoms with Crippen molar-refractivity contribution in [3.05, 3.63) is 6.92 Å². The smallest absolute Gasteiger partial charge is 0.273 e. The number of rotatable bonds is 1. The average Bonchev–Trinajstić information content (AvgIpc) is 2.12. The van der Waals surface area contributed by atoms with Gasteiger partial charge in [-0.3, -0.25) is 14.5 Å². The van der Waals surface area contributed by atoms with Crippen LogP contribution in [0.3, 0.4) is 0 Å². The summed E-state index contributed by atoms with van der Waals surface area (Å²) in [6.45, 7) is 3.69. The Hall–Kier alpha value is -0.510. The Morgan fingerprint density at radius 2 is 2.33 bits per heavy atom.